The minimum atomic E-state index is -4.56. The molecule has 0 bridgehead atoms. The Morgan fingerprint density at radius 2 is 2.04 bits per heavy atom. The highest BCUT2D eigenvalue weighted by atomic mass is 35.5. The first-order chi connectivity index (χ1) is 10.7. The number of benzene rings is 1. The molecule has 13 heteroatoms. The number of nitro groups is 1. The zero-order valence-corrected chi connectivity index (χ0v) is 13.7. The molecular formula is C10H3Cl2F3N4O2S2. The van der Waals surface area contributed by atoms with Crippen LogP contribution in [0.25, 0.3) is 0 Å². The van der Waals surface area contributed by atoms with Gasteiger partial charge in [-0.2, -0.15) is 17.6 Å². The zero-order valence-electron chi connectivity index (χ0n) is 10.5. The van der Waals surface area contributed by atoms with Gasteiger partial charge in [-0.3, -0.25) is 0 Å². The molecule has 2 rings (SSSR count). The fourth-order valence-corrected chi connectivity index (χ4v) is 3.76. The summed E-state index contributed by atoms with van der Waals surface area (Å²) in [6.45, 7) is 0. The second-order valence-electron chi connectivity index (χ2n) is 3.81. The fraction of sp³-hybridized carbons (Fsp3) is 0.100. The van der Waals surface area contributed by atoms with Crippen LogP contribution in [0.15, 0.2) is 43.6 Å². The molecule has 6 nitrogen and oxygen atoms in total. The van der Waals surface area contributed by atoms with Gasteiger partial charge in [-0.1, -0.05) is 23.2 Å². The molecule has 0 N–H and O–H groups in total. The lowest BCUT2D eigenvalue weighted by atomic mass is 10.2. The maximum absolute atomic E-state index is 12.5. The van der Waals surface area contributed by atoms with Gasteiger partial charge in [0.05, 0.1) is 26.7 Å². The van der Waals surface area contributed by atoms with Gasteiger partial charge in [-0.15, -0.1) is 0 Å². The molecule has 1 heterocycles. The number of alkyl halides is 3. The van der Waals surface area contributed by atoms with Crippen molar-refractivity contribution in [1.29, 1.82) is 0 Å². The van der Waals surface area contributed by atoms with Gasteiger partial charge in [0.1, 0.15) is 5.69 Å². The highest BCUT2D eigenvalue weighted by Crippen LogP contribution is 2.43. The van der Waals surface area contributed by atoms with E-state index in [1.165, 1.54) is 0 Å². The van der Waals surface area contributed by atoms with Gasteiger partial charge in [0.25, 0.3) is 0 Å². The molecular weight excluding hydrogens is 400 g/mol. The lowest BCUT2D eigenvalue weighted by molar-refractivity contribution is -0.426. The third-order valence-corrected chi connectivity index (χ3v) is 4.94. The van der Waals surface area contributed by atoms with Gasteiger partial charge in [0, 0.05) is 0 Å². The molecule has 122 valence electrons. The summed E-state index contributed by atoms with van der Waals surface area (Å²) in [6.07, 6.45) is -4.56. The van der Waals surface area contributed by atoms with Gasteiger partial charge < -0.3 is 10.1 Å². The van der Waals surface area contributed by atoms with Crippen molar-refractivity contribution in [3.63, 3.8) is 0 Å². The molecule has 0 unspecified atom stereocenters. The minimum Gasteiger partial charge on any atom is -0.358 e. The van der Waals surface area contributed by atoms with Crippen LogP contribution in [0, 0.1) is 10.1 Å². The average Bonchev–Trinajstić information content (AvgIpc) is 2.85. The fourth-order valence-electron chi connectivity index (χ4n) is 1.32. The summed E-state index contributed by atoms with van der Waals surface area (Å²) in [6, 6.07) is 2.36. The van der Waals surface area contributed by atoms with E-state index in [4.69, 9.17) is 23.2 Å². The Balaban J connectivity index is 2.36. The summed E-state index contributed by atoms with van der Waals surface area (Å²) in [7, 11) is 1.84. The topological polar surface area (TPSA) is 80.2 Å². The summed E-state index contributed by atoms with van der Waals surface area (Å²) in [4.78, 5) is 10.2. The first-order valence-electron chi connectivity index (χ1n) is 5.45. The van der Waals surface area contributed by atoms with Gasteiger partial charge >= 0.3 is 12.0 Å². The molecule has 0 saturated heterocycles. The van der Waals surface area contributed by atoms with E-state index in [1.54, 1.807) is 0 Å². The molecule has 0 aromatic heterocycles. The van der Waals surface area contributed by atoms with Crippen LogP contribution in [0.2, 0.25) is 5.02 Å². The predicted octanol–water partition coefficient (Wildman–Crippen LogP) is 5.84. The van der Waals surface area contributed by atoms with Crippen LogP contribution >= 0.6 is 45.0 Å². The minimum absolute atomic E-state index is 0.00606. The number of rotatable bonds is 3. The van der Waals surface area contributed by atoms with Gasteiger partial charge in [-0.05, 0) is 39.0 Å². The standard InChI is InChI=1S/C10H3Cl2F3N4O2S2/c11-5-3-4(10(13,14)15)1-2-6(5)16-17-9(19(20)21)7-8(12)18-23-22-7/h1-3H/b9-7-,17-16?. The van der Waals surface area contributed by atoms with Crippen LogP contribution in [0.3, 0.4) is 0 Å². The normalized spacial score (nSPS) is 17.5. The van der Waals surface area contributed by atoms with Crippen molar-refractivity contribution >= 4 is 55.8 Å². The van der Waals surface area contributed by atoms with E-state index in [-0.39, 0.29) is 20.8 Å². The molecule has 0 radical (unpaired) electrons. The van der Waals surface area contributed by atoms with Crippen molar-refractivity contribution in [2.75, 3.05) is 0 Å². The van der Waals surface area contributed by atoms with Gasteiger partial charge in [-0.25, -0.2) is 0 Å². The summed E-state index contributed by atoms with van der Waals surface area (Å²) in [5, 5.41) is 17.5. The molecule has 0 saturated carbocycles. The van der Waals surface area contributed by atoms with Crippen LogP contribution in [0.5, 0.6) is 0 Å². The molecule has 0 spiro atoms. The first-order valence-corrected chi connectivity index (χ1v) is 8.31. The molecule has 0 fully saturated rings. The van der Waals surface area contributed by atoms with Crippen molar-refractivity contribution in [2.45, 2.75) is 6.18 Å². The second-order valence-corrected chi connectivity index (χ2v) is 6.43. The summed E-state index contributed by atoms with van der Waals surface area (Å²) in [5.41, 5.74) is -1.12. The van der Waals surface area contributed by atoms with E-state index >= 15 is 0 Å². The molecule has 1 aliphatic rings. The van der Waals surface area contributed by atoms with E-state index in [1.807, 2.05) is 0 Å². The van der Waals surface area contributed by atoms with Gasteiger partial charge in [0.15, 0.2) is 10.1 Å². The monoisotopic (exact) mass is 402 g/mol. The summed E-state index contributed by atoms with van der Waals surface area (Å²) < 4.78 is 41.3. The van der Waals surface area contributed by atoms with Crippen LogP contribution < -0.4 is 0 Å². The summed E-state index contributed by atoms with van der Waals surface area (Å²) >= 11 is 11.4. The number of hydrogen-bond acceptors (Lipinski definition) is 7. The van der Waals surface area contributed by atoms with E-state index in [0.717, 1.165) is 33.9 Å². The van der Waals surface area contributed by atoms with Crippen LogP contribution in [-0.4, -0.2) is 10.1 Å². The van der Waals surface area contributed by atoms with Gasteiger partial charge in [0.2, 0.25) is 0 Å². The highest BCUT2D eigenvalue weighted by molar-refractivity contribution is 8.78. The Bertz CT molecular complexity index is 752. The van der Waals surface area contributed by atoms with Crippen molar-refractivity contribution in [3.8, 4) is 0 Å². The third-order valence-electron chi connectivity index (χ3n) is 2.33. The maximum atomic E-state index is 12.5. The van der Waals surface area contributed by atoms with Crippen LogP contribution in [0.4, 0.5) is 18.9 Å². The molecule has 1 aromatic rings. The van der Waals surface area contributed by atoms with Crippen molar-refractivity contribution < 1.29 is 18.1 Å². The Labute approximate surface area is 144 Å². The van der Waals surface area contributed by atoms with E-state index < -0.39 is 22.5 Å². The van der Waals surface area contributed by atoms with E-state index in [2.05, 4.69) is 14.6 Å². The smallest absolute Gasteiger partial charge is 0.358 e. The molecule has 23 heavy (non-hydrogen) atoms. The Hall–Kier alpha value is -1.30. The van der Waals surface area contributed by atoms with E-state index in [0.29, 0.717) is 6.07 Å². The lowest BCUT2D eigenvalue weighted by Gasteiger charge is -2.06. The molecule has 0 amide bonds. The quantitative estimate of drug-likeness (QED) is 0.209. The van der Waals surface area contributed by atoms with Crippen molar-refractivity contribution in [2.24, 2.45) is 14.6 Å². The Kier molecular flexibility index (Phi) is 5.55. The zero-order chi connectivity index (χ0) is 17.2. The maximum Gasteiger partial charge on any atom is 0.416 e. The summed E-state index contributed by atoms with van der Waals surface area (Å²) in [5.74, 6) is -0.676. The number of halogens is 5. The number of allylic oxidation sites excluding steroid dienone is 1. The highest BCUT2D eigenvalue weighted by Gasteiger charge is 2.31. The van der Waals surface area contributed by atoms with Crippen molar-refractivity contribution in [1.82, 2.24) is 0 Å². The second kappa shape index (κ2) is 7.07. The number of azo groups is 1. The SMILES string of the molecule is O=[N+]([O-])/C(N=Nc1ccc(C(F)(F)F)cc1Cl)=C1\SSN=C1Cl. The van der Waals surface area contributed by atoms with E-state index in [9.17, 15) is 23.3 Å². The largest absolute Gasteiger partial charge is 0.416 e. The first kappa shape index (κ1) is 18.0. The average molecular weight is 403 g/mol. The third kappa shape index (κ3) is 4.37. The Morgan fingerprint density at radius 3 is 2.52 bits per heavy atom. The molecule has 1 aliphatic heterocycles. The molecule has 0 atom stereocenters. The molecule has 1 aromatic carbocycles. The Morgan fingerprint density at radius 1 is 1.35 bits per heavy atom. The van der Waals surface area contributed by atoms with Crippen LogP contribution in [0.1, 0.15) is 5.56 Å². The number of nitrogens with zero attached hydrogens (tertiary/aromatic N) is 4. The lowest BCUT2D eigenvalue weighted by Crippen LogP contribution is -2.04. The van der Waals surface area contributed by atoms with Crippen molar-refractivity contribution in [3.05, 3.63) is 49.6 Å². The molecule has 0 aliphatic carbocycles. The predicted molar refractivity (Wildman–Crippen MR) is 83.5 cm³/mol. The number of hydrogen-bond donors (Lipinski definition) is 0. The van der Waals surface area contributed by atoms with Crippen LogP contribution in [-0.2, 0) is 6.18 Å².